The number of amides is 1. The maximum absolute atomic E-state index is 11.6. The molecule has 6 nitrogen and oxygen atoms in total. The van der Waals surface area contributed by atoms with E-state index in [1.54, 1.807) is 19.4 Å². The maximum Gasteiger partial charge on any atom is 0.296 e. The Morgan fingerprint density at radius 2 is 2.43 bits per heavy atom. The Hall–Kier alpha value is -2.55. The highest BCUT2D eigenvalue weighted by molar-refractivity contribution is 5.93. The molecule has 0 aromatic carbocycles. The van der Waals surface area contributed by atoms with Gasteiger partial charge in [-0.1, -0.05) is 5.92 Å². The van der Waals surface area contributed by atoms with Crippen LogP contribution in [0.25, 0.3) is 11.0 Å². The van der Waals surface area contributed by atoms with Crippen LogP contribution in [0.2, 0.25) is 0 Å². The van der Waals surface area contributed by atoms with Crippen molar-refractivity contribution in [2.24, 2.45) is 0 Å². The van der Waals surface area contributed by atoms with Gasteiger partial charge in [-0.05, 0) is 31.8 Å². The molecule has 2 N–H and O–H groups in total. The Morgan fingerprint density at radius 3 is 3.29 bits per heavy atom. The fourth-order valence-corrected chi connectivity index (χ4v) is 2.71. The smallest absolute Gasteiger partial charge is 0.296 e. The second-order valence-electron chi connectivity index (χ2n) is 5.07. The van der Waals surface area contributed by atoms with E-state index < -0.39 is 0 Å². The molecule has 1 fully saturated rings. The molecular formula is C15H17N5O. The molecule has 21 heavy (non-hydrogen) atoms. The SMILES string of the molecule is CC#CC(=O)N[C@H]1CCCN(c2nccc3[nH]cnc23)C1. The first-order valence-corrected chi connectivity index (χ1v) is 7.04. The molecule has 6 heteroatoms. The number of nitrogens with one attached hydrogen (secondary N) is 2. The number of fused-ring (bicyclic) bond motifs is 1. The number of anilines is 1. The molecule has 1 atom stereocenters. The minimum atomic E-state index is -0.213. The highest BCUT2D eigenvalue weighted by Gasteiger charge is 2.23. The Bertz CT molecular complexity index is 711. The van der Waals surface area contributed by atoms with E-state index in [1.165, 1.54) is 0 Å². The zero-order chi connectivity index (χ0) is 14.7. The van der Waals surface area contributed by atoms with Gasteiger partial charge in [-0.25, -0.2) is 9.97 Å². The Labute approximate surface area is 123 Å². The first-order chi connectivity index (χ1) is 10.3. The lowest BCUT2D eigenvalue weighted by Crippen LogP contribution is -2.47. The molecule has 0 bridgehead atoms. The van der Waals surface area contributed by atoms with Gasteiger partial charge in [-0.2, -0.15) is 0 Å². The molecule has 108 valence electrons. The molecule has 1 aliphatic rings. The van der Waals surface area contributed by atoms with E-state index in [9.17, 15) is 4.79 Å². The number of H-pyrrole nitrogens is 1. The summed E-state index contributed by atoms with van der Waals surface area (Å²) in [4.78, 5) is 25.7. The van der Waals surface area contributed by atoms with Gasteiger partial charge in [-0.15, -0.1) is 0 Å². The van der Waals surface area contributed by atoms with Gasteiger partial charge in [0.1, 0.15) is 5.52 Å². The van der Waals surface area contributed by atoms with Crippen LogP contribution >= 0.6 is 0 Å². The Balaban J connectivity index is 1.78. The molecule has 1 aliphatic heterocycles. The average Bonchev–Trinajstić information content (AvgIpc) is 2.96. The van der Waals surface area contributed by atoms with E-state index in [0.29, 0.717) is 0 Å². The summed E-state index contributed by atoms with van der Waals surface area (Å²) >= 11 is 0. The van der Waals surface area contributed by atoms with Crippen molar-refractivity contribution in [3.63, 3.8) is 0 Å². The number of aromatic amines is 1. The van der Waals surface area contributed by atoms with Crippen LogP contribution in [-0.2, 0) is 4.79 Å². The number of carbonyl (C=O) groups is 1. The van der Waals surface area contributed by atoms with E-state index >= 15 is 0 Å². The maximum atomic E-state index is 11.6. The van der Waals surface area contributed by atoms with Crippen molar-refractivity contribution in [1.82, 2.24) is 20.3 Å². The second-order valence-corrected chi connectivity index (χ2v) is 5.07. The van der Waals surface area contributed by atoms with Crippen molar-refractivity contribution in [2.75, 3.05) is 18.0 Å². The highest BCUT2D eigenvalue weighted by Crippen LogP contribution is 2.24. The van der Waals surface area contributed by atoms with E-state index in [1.807, 2.05) is 6.07 Å². The number of rotatable bonds is 2. The normalized spacial score (nSPS) is 18.1. The molecule has 0 unspecified atom stereocenters. The Kier molecular flexibility index (Phi) is 3.73. The average molecular weight is 283 g/mol. The number of piperidine rings is 1. The topological polar surface area (TPSA) is 73.9 Å². The largest absolute Gasteiger partial charge is 0.353 e. The predicted molar refractivity (Wildman–Crippen MR) is 80.7 cm³/mol. The lowest BCUT2D eigenvalue weighted by atomic mass is 10.1. The van der Waals surface area contributed by atoms with Gasteiger partial charge >= 0.3 is 0 Å². The van der Waals surface area contributed by atoms with Crippen molar-refractivity contribution in [3.05, 3.63) is 18.6 Å². The van der Waals surface area contributed by atoms with Crippen LogP contribution in [0.4, 0.5) is 5.82 Å². The van der Waals surface area contributed by atoms with Gasteiger partial charge in [0.2, 0.25) is 0 Å². The molecule has 1 amide bonds. The molecule has 2 aromatic rings. The molecule has 0 radical (unpaired) electrons. The van der Waals surface area contributed by atoms with Crippen molar-refractivity contribution in [2.45, 2.75) is 25.8 Å². The van der Waals surface area contributed by atoms with E-state index in [2.05, 4.69) is 37.0 Å². The zero-order valence-corrected chi connectivity index (χ0v) is 11.9. The summed E-state index contributed by atoms with van der Waals surface area (Å²) in [6.45, 7) is 3.32. The van der Waals surface area contributed by atoms with Crippen LogP contribution < -0.4 is 10.2 Å². The number of nitrogens with zero attached hydrogens (tertiary/aromatic N) is 3. The van der Waals surface area contributed by atoms with Gasteiger partial charge in [0, 0.05) is 25.3 Å². The highest BCUT2D eigenvalue weighted by atomic mass is 16.1. The number of hydrogen-bond donors (Lipinski definition) is 2. The predicted octanol–water partition coefficient (Wildman–Crippen LogP) is 1.07. The standard InChI is InChI=1S/C15H17N5O/c1-2-4-13(21)19-11-5-3-8-20(9-11)15-14-12(6-7-16-15)17-10-18-14/h6-7,10-11H,3,5,8-9H2,1H3,(H,17,18)(H,19,21)/t11-/m0/s1. The molecule has 3 heterocycles. The fraction of sp³-hybridized carbons (Fsp3) is 0.400. The monoisotopic (exact) mass is 283 g/mol. The number of aromatic nitrogens is 3. The van der Waals surface area contributed by atoms with Gasteiger partial charge in [0.15, 0.2) is 5.82 Å². The summed E-state index contributed by atoms with van der Waals surface area (Å²) in [5.74, 6) is 5.80. The third-order valence-corrected chi connectivity index (χ3v) is 3.61. The lowest BCUT2D eigenvalue weighted by Gasteiger charge is -2.33. The van der Waals surface area contributed by atoms with Crippen LogP contribution in [0.1, 0.15) is 19.8 Å². The zero-order valence-electron chi connectivity index (χ0n) is 11.9. The third-order valence-electron chi connectivity index (χ3n) is 3.61. The van der Waals surface area contributed by atoms with Gasteiger partial charge < -0.3 is 15.2 Å². The number of hydrogen-bond acceptors (Lipinski definition) is 4. The molecule has 2 aromatic heterocycles. The van der Waals surface area contributed by atoms with Crippen molar-refractivity contribution >= 4 is 22.8 Å². The van der Waals surface area contributed by atoms with Crippen LogP contribution in [0.3, 0.4) is 0 Å². The molecule has 0 aliphatic carbocycles. The quantitative estimate of drug-likeness (QED) is 0.808. The van der Waals surface area contributed by atoms with E-state index in [-0.39, 0.29) is 11.9 Å². The molecule has 1 saturated heterocycles. The minimum Gasteiger partial charge on any atom is -0.353 e. The summed E-state index contributed by atoms with van der Waals surface area (Å²) in [7, 11) is 0. The number of carbonyl (C=O) groups excluding carboxylic acids is 1. The summed E-state index contributed by atoms with van der Waals surface area (Å²) in [5, 5.41) is 2.95. The van der Waals surface area contributed by atoms with E-state index in [0.717, 1.165) is 42.8 Å². The summed E-state index contributed by atoms with van der Waals surface area (Å²) in [6, 6.07) is 2.01. The van der Waals surface area contributed by atoms with Crippen molar-refractivity contribution in [3.8, 4) is 11.8 Å². The Morgan fingerprint density at radius 1 is 1.52 bits per heavy atom. The van der Waals surface area contributed by atoms with Gasteiger partial charge in [0.25, 0.3) is 5.91 Å². The fourth-order valence-electron chi connectivity index (χ4n) is 2.71. The van der Waals surface area contributed by atoms with Crippen LogP contribution in [0.15, 0.2) is 18.6 Å². The van der Waals surface area contributed by atoms with Gasteiger partial charge in [0.05, 0.1) is 11.8 Å². The summed E-state index contributed by atoms with van der Waals surface area (Å²) < 4.78 is 0. The van der Waals surface area contributed by atoms with Crippen LogP contribution in [0, 0.1) is 11.8 Å². The number of pyridine rings is 1. The lowest BCUT2D eigenvalue weighted by molar-refractivity contribution is -0.116. The molecule has 0 spiro atoms. The molecule has 3 rings (SSSR count). The molecular weight excluding hydrogens is 266 g/mol. The first-order valence-electron chi connectivity index (χ1n) is 7.04. The summed E-state index contributed by atoms with van der Waals surface area (Å²) in [6.07, 6.45) is 5.42. The number of imidazole rings is 1. The summed E-state index contributed by atoms with van der Waals surface area (Å²) in [5.41, 5.74) is 1.85. The second kappa shape index (κ2) is 5.83. The first kappa shape index (κ1) is 13.4. The van der Waals surface area contributed by atoms with Crippen molar-refractivity contribution < 1.29 is 4.79 Å². The third kappa shape index (κ3) is 2.82. The van der Waals surface area contributed by atoms with Crippen LogP contribution in [0.5, 0.6) is 0 Å². The van der Waals surface area contributed by atoms with Crippen LogP contribution in [-0.4, -0.2) is 40.0 Å². The van der Waals surface area contributed by atoms with Gasteiger partial charge in [-0.3, -0.25) is 4.79 Å². The molecule has 0 saturated carbocycles. The van der Waals surface area contributed by atoms with E-state index in [4.69, 9.17) is 0 Å². The van der Waals surface area contributed by atoms with Crippen molar-refractivity contribution in [1.29, 1.82) is 0 Å². The minimum absolute atomic E-state index is 0.100.